The van der Waals surface area contributed by atoms with Crippen LogP contribution >= 0.6 is 11.3 Å². The van der Waals surface area contributed by atoms with Crippen molar-refractivity contribution in [3.05, 3.63) is 223 Å². The molecule has 4 heteroatoms. The molecule has 0 saturated carbocycles. The number of rotatable bonds is 4. The summed E-state index contributed by atoms with van der Waals surface area (Å²) < 4.78 is 9.10. The number of thiophene rings is 1. The van der Waals surface area contributed by atoms with Gasteiger partial charge in [0.1, 0.15) is 11.9 Å². The average molecular weight is 797 g/mol. The third kappa shape index (κ3) is 4.97. The molecule has 0 saturated heterocycles. The highest BCUT2D eigenvalue weighted by atomic mass is 32.1. The number of benzene rings is 8. The van der Waals surface area contributed by atoms with Crippen LogP contribution in [0.1, 0.15) is 16.7 Å². The molecule has 8 aromatic carbocycles. The van der Waals surface area contributed by atoms with Crippen LogP contribution in [0.5, 0.6) is 5.75 Å². The maximum absolute atomic E-state index is 6.80. The predicted octanol–water partition coefficient (Wildman–Crippen LogP) is 14.5. The van der Waals surface area contributed by atoms with Crippen molar-refractivity contribution in [2.75, 3.05) is 0 Å². The first kappa shape index (κ1) is 34.5. The fourth-order valence-corrected chi connectivity index (χ4v) is 11.8. The molecule has 3 nitrogen and oxygen atoms in total. The minimum absolute atomic E-state index is 0.0644. The normalized spacial score (nSPS) is 18.2. The lowest BCUT2D eigenvalue weighted by atomic mass is 9.60. The van der Waals surface area contributed by atoms with Gasteiger partial charge in [-0.15, -0.1) is 11.3 Å². The van der Waals surface area contributed by atoms with Crippen LogP contribution in [0.15, 0.2) is 206 Å². The highest BCUT2D eigenvalue weighted by Crippen LogP contribution is 2.64. The fraction of sp³-hybridized carbons (Fsp3) is 0.0526. The Balaban J connectivity index is 1.07. The second-order valence-corrected chi connectivity index (χ2v) is 17.3. The summed E-state index contributed by atoms with van der Waals surface area (Å²) in [6, 6.07) is 66.0. The number of allylic oxidation sites excluding steroid dienone is 2. The van der Waals surface area contributed by atoms with Gasteiger partial charge in [0.05, 0.1) is 21.3 Å². The van der Waals surface area contributed by atoms with E-state index in [0.29, 0.717) is 0 Å². The van der Waals surface area contributed by atoms with Crippen molar-refractivity contribution in [3.63, 3.8) is 0 Å². The molecule has 0 bridgehead atoms. The minimum atomic E-state index is -0.458. The van der Waals surface area contributed by atoms with Gasteiger partial charge in [-0.3, -0.25) is 0 Å². The second-order valence-electron chi connectivity index (χ2n) is 16.3. The van der Waals surface area contributed by atoms with E-state index >= 15 is 0 Å². The number of fused-ring (bicyclic) bond motifs is 14. The number of ether oxygens (including phenoxy) is 1. The van der Waals surface area contributed by atoms with Crippen LogP contribution in [-0.4, -0.2) is 16.1 Å². The van der Waals surface area contributed by atoms with E-state index in [4.69, 9.17) is 14.7 Å². The van der Waals surface area contributed by atoms with Crippen molar-refractivity contribution in [1.82, 2.24) is 9.97 Å². The molecule has 10 aromatic rings. The number of para-hydroxylation sites is 1. The molecule has 61 heavy (non-hydrogen) atoms. The molecule has 1 spiro atoms. The van der Waals surface area contributed by atoms with Gasteiger partial charge in [-0.05, 0) is 79.6 Å². The van der Waals surface area contributed by atoms with Gasteiger partial charge >= 0.3 is 0 Å². The molecule has 0 N–H and O–H groups in total. The highest BCUT2D eigenvalue weighted by molar-refractivity contribution is 7.26. The van der Waals surface area contributed by atoms with E-state index in [0.717, 1.165) is 60.7 Å². The van der Waals surface area contributed by atoms with Gasteiger partial charge in [0.2, 0.25) is 0 Å². The summed E-state index contributed by atoms with van der Waals surface area (Å²) in [6.45, 7) is 0. The molecule has 3 atom stereocenters. The van der Waals surface area contributed by atoms with Gasteiger partial charge in [0.15, 0.2) is 5.82 Å². The maximum atomic E-state index is 6.80. The molecule has 2 aromatic heterocycles. The van der Waals surface area contributed by atoms with Crippen LogP contribution < -0.4 is 4.74 Å². The number of nitrogens with zero attached hydrogens (tertiary/aromatic N) is 2. The van der Waals surface area contributed by atoms with E-state index in [-0.39, 0.29) is 12.0 Å². The van der Waals surface area contributed by atoms with Crippen LogP contribution in [0.3, 0.4) is 0 Å². The first-order chi connectivity index (χ1) is 30.3. The Morgan fingerprint density at radius 1 is 0.492 bits per heavy atom. The zero-order valence-electron chi connectivity index (χ0n) is 33.0. The Labute approximate surface area is 357 Å². The molecule has 2 unspecified atom stereocenters. The lowest BCUT2D eigenvalue weighted by Crippen LogP contribution is -2.47. The largest absolute Gasteiger partial charge is 0.485 e. The van der Waals surface area contributed by atoms with E-state index in [1.165, 1.54) is 48.9 Å². The third-order valence-corrected chi connectivity index (χ3v) is 14.3. The van der Waals surface area contributed by atoms with E-state index in [9.17, 15) is 0 Å². The van der Waals surface area contributed by atoms with Crippen molar-refractivity contribution in [2.45, 2.75) is 11.5 Å². The quantitative estimate of drug-likeness (QED) is 0.178. The Bertz CT molecular complexity index is 3490. The average Bonchev–Trinajstić information content (AvgIpc) is 3.86. The molecule has 2 aliphatic carbocycles. The number of hydrogen-bond acceptors (Lipinski definition) is 4. The zero-order chi connectivity index (χ0) is 40.1. The lowest BCUT2D eigenvalue weighted by Gasteiger charge is -2.47. The fourth-order valence-electron chi connectivity index (χ4n) is 10.7. The van der Waals surface area contributed by atoms with Gasteiger partial charge < -0.3 is 4.74 Å². The minimum Gasteiger partial charge on any atom is -0.485 e. The molecular formula is C57H36N2OS. The Kier molecular flexibility index (Phi) is 7.52. The summed E-state index contributed by atoms with van der Waals surface area (Å²) in [7, 11) is 0. The molecule has 286 valence electrons. The second kappa shape index (κ2) is 13.3. The van der Waals surface area contributed by atoms with E-state index in [1.807, 2.05) is 0 Å². The molecule has 1 aliphatic heterocycles. The van der Waals surface area contributed by atoms with Crippen LogP contribution in [0.25, 0.3) is 87.1 Å². The molecular weight excluding hydrogens is 761 g/mol. The first-order valence-corrected chi connectivity index (χ1v) is 21.8. The van der Waals surface area contributed by atoms with Crippen molar-refractivity contribution in [2.24, 2.45) is 5.92 Å². The summed E-state index contributed by atoms with van der Waals surface area (Å²) in [5.74, 6) is 1.74. The number of aromatic nitrogens is 2. The van der Waals surface area contributed by atoms with Gasteiger partial charge in [-0.1, -0.05) is 182 Å². The molecule has 0 fully saturated rings. The summed E-state index contributed by atoms with van der Waals surface area (Å²) >= 11 is 1.77. The summed E-state index contributed by atoms with van der Waals surface area (Å²) in [6.07, 6.45) is 8.85. The van der Waals surface area contributed by atoms with Crippen molar-refractivity contribution < 1.29 is 4.74 Å². The van der Waals surface area contributed by atoms with Crippen molar-refractivity contribution >= 4 is 42.4 Å². The molecule has 13 rings (SSSR count). The smallest absolute Gasteiger partial charge is 0.161 e. The zero-order valence-corrected chi connectivity index (χ0v) is 33.8. The van der Waals surface area contributed by atoms with Gasteiger partial charge in [-0.25, -0.2) is 9.97 Å². The van der Waals surface area contributed by atoms with E-state index in [1.54, 1.807) is 11.3 Å². The van der Waals surface area contributed by atoms with Crippen molar-refractivity contribution in [1.29, 1.82) is 0 Å². The summed E-state index contributed by atoms with van der Waals surface area (Å²) in [5, 5.41) is 3.65. The molecule has 3 heterocycles. The summed E-state index contributed by atoms with van der Waals surface area (Å²) in [5.41, 5.74) is 14.6. The van der Waals surface area contributed by atoms with E-state index in [2.05, 4.69) is 206 Å². The first-order valence-electron chi connectivity index (χ1n) is 21.0. The van der Waals surface area contributed by atoms with Crippen molar-refractivity contribution in [3.8, 4) is 61.8 Å². The lowest BCUT2D eigenvalue weighted by molar-refractivity contribution is 0.141. The number of hydrogen-bond donors (Lipinski definition) is 0. The van der Waals surface area contributed by atoms with Crippen LogP contribution in [0.2, 0.25) is 0 Å². The highest BCUT2D eigenvalue weighted by Gasteiger charge is 2.56. The van der Waals surface area contributed by atoms with Crippen LogP contribution in [0, 0.1) is 5.92 Å². The van der Waals surface area contributed by atoms with Gasteiger partial charge in [0, 0.05) is 32.7 Å². The topological polar surface area (TPSA) is 35.0 Å². The van der Waals surface area contributed by atoms with Crippen LogP contribution in [0.4, 0.5) is 0 Å². The van der Waals surface area contributed by atoms with Gasteiger partial charge in [-0.2, -0.15) is 0 Å². The molecule has 3 aliphatic rings. The standard InChI is InChI=1S/C57H36N2OS/c1-2-16-35(17-3-1)39-21-6-7-23-42(39)56-58-53(55-54(59-56)43-24-8-13-31-50(43)61-55)38-20-14-19-37(34-38)41-25-15-28-46-52(41)51-40-22-5-4-18-36(40)32-33-47(51)57(46)44-26-9-11-29-48(44)60-49-30-12-10-27-45(49)57/h1-34,44,48H/t44?,48-,57?/m1/s1. The SMILES string of the molecule is C1=CC2[C@@H](C=C1)Oc1ccccc1C21c2cccc(-c3cccc(-c4nc(-c5ccccc5-c5ccccc5)nc5c4sc4ccccc45)c3)c2-c2c1ccc1ccccc21. The Morgan fingerprint density at radius 2 is 1.18 bits per heavy atom. The Morgan fingerprint density at radius 3 is 2.11 bits per heavy atom. The third-order valence-electron chi connectivity index (χ3n) is 13.2. The maximum Gasteiger partial charge on any atom is 0.161 e. The monoisotopic (exact) mass is 796 g/mol. The van der Waals surface area contributed by atoms with Gasteiger partial charge in [0.25, 0.3) is 0 Å². The Hall–Kier alpha value is -7.40. The molecule has 0 radical (unpaired) electrons. The summed E-state index contributed by atoms with van der Waals surface area (Å²) in [4.78, 5) is 10.9. The van der Waals surface area contributed by atoms with Crippen LogP contribution in [-0.2, 0) is 5.41 Å². The van der Waals surface area contributed by atoms with E-state index < -0.39 is 5.41 Å². The molecule has 0 amide bonds. The predicted molar refractivity (Wildman–Crippen MR) is 252 cm³/mol.